The van der Waals surface area contributed by atoms with E-state index in [0.717, 1.165) is 55.2 Å². The number of hydrogen-bond acceptors (Lipinski definition) is 3. The average molecular weight is 451 g/mol. The first-order valence-electron chi connectivity index (χ1n) is 11.0. The van der Waals surface area contributed by atoms with Gasteiger partial charge in [-0.15, -0.1) is 0 Å². The number of amides is 1. The predicted octanol–water partition coefficient (Wildman–Crippen LogP) is 5.00. The molecule has 0 fully saturated rings. The number of imidazole rings is 1. The number of halogens is 1. The maximum absolute atomic E-state index is 12.0. The third-order valence-electron chi connectivity index (χ3n) is 5.29. The SMILES string of the molecule is CN(CCCCNC(=O)CC=Cc1ccc(-n2ccnc2)cc1)CCc1ccc(Cl)cc1. The van der Waals surface area contributed by atoms with Crippen LogP contribution in [0.5, 0.6) is 0 Å². The molecule has 1 heterocycles. The van der Waals surface area contributed by atoms with Gasteiger partial charge in [-0.3, -0.25) is 4.79 Å². The second kappa shape index (κ2) is 12.8. The topological polar surface area (TPSA) is 50.2 Å². The number of carbonyl (C=O) groups is 1. The summed E-state index contributed by atoms with van der Waals surface area (Å²) in [6.07, 6.45) is 12.8. The fourth-order valence-corrected chi connectivity index (χ4v) is 3.49. The Hall–Kier alpha value is -2.89. The van der Waals surface area contributed by atoms with E-state index in [1.54, 1.807) is 12.5 Å². The Morgan fingerprint density at radius 2 is 1.88 bits per heavy atom. The Balaban J connectivity index is 1.24. The normalized spacial score (nSPS) is 11.3. The number of carbonyl (C=O) groups excluding carboxylic acids is 1. The number of benzene rings is 2. The molecule has 0 aliphatic heterocycles. The first kappa shape index (κ1) is 23.8. The Bertz CT molecular complexity index is 966. The van der Waals surface area contributed by atoms with Gasteiger partial charge in [-0.05, 0) is 68.2 Å². The van der Waals surface area contributed by atoms with E-state index in [1.165, 1.54) is 5.56 Å². The predicted molar refractivity (Wildman–Crippen MR) is 132 cm³/mol. The molecular weight excluding hydrogens is 420 g/mol. The highest BCUT2D eigenvalue weighted by atomic mass is 35.5. The molecule has 2 aromatic carbocycles. The summed E-state index contributed by atoms with van der Waals surface area (Å²) in [6.45, 7) is 2.76. The number of aromatic nitrogens is 2. The van der Waals surface area contributed by atoms with Gasteiger partial charge < -0.3 is 14.8 Å². The third kappa shape index (κ3) is 8.33. The van der Waals surface area contributed by atoms with Crippen LogP contribution in [0.15, 0.2) is 73.3 Å². The van der Waals surface area contributed by atoms with Crippen LogP contribution in [0, 0.1) is 0 Å². The zero-order chi connectivity index (χ0) is 22.6. The van der Waals surface area contributed by atoms with E-state index in [9.17, 15) is 4.79 Å². The van der Waals surface area contributed by atoms with Crippen LogP contribution in [0.1, 0.15) is 30.4 Å². The van der Waals surface area contributed by atoms with Crippen molar-refractivity contribution < 1.29 is 4.79 Å². The van der Waals surface area contributed by atoms with Crippen molar-refractivity contribution in [2.45, 2.75) is 25.7 Å². The van der Waals surface area contributed by atoms with Crippen LogP contribution in [-0.4, -0.2) is 47.0 Å². The quantitative estimate of drug-likeness (QED) is 0.395. The lowest BCUT2D eigenvalue weighted by molar-refractivity contribution is -0.120. The van der Waals surface area contributed by atoms with E-state index in [4.69, 9.17) is 11.6 Å². The lowest BCUT2D eigenvalue weighted by atomic mass is 10.1. The van der Waals surface area contributed by atoms with Crippen molar-refractivity contribution in [2.24, 2.45) is 0 Å². The van der Waals surface area contributed by atoms with E-state index >= 15 is 0 Å². The molecule has 0 unspecified atom stereocenters. The number of nitrogens with one attached hydrogen (secondary N) is 1. The number of rotatable bonds is 12. The van der Waals surface area contributed by atoms with Crippen molar-refractivity contribution >= 4 is 23.6 Å². The lowest BCUT2D eigenvalue weighted by Gasteiger charge is -2.16. The standard InChI is InChI=1S/C26H31ClN4O/c1-30(19-15-23-7-11-24(27)12-8-23)18-3-2-16-29-26(32)6-4-5-22-9-13-25(14-10-22)31-20-17-28-21-31/h4-5,7-14,17,20-21H,2-3,6,15-16,18-19H2,1H3,(H,29,32). The Kier molecular flexibility index (Phi) is 9.54. The first-order chi connectivity index (χ1) is 15.6. The molecule has 0 saturated carbocycles. The van der Waals surface area contributed by atoms with E-state index in [1.807, 2.05) is 59.3 Å². The Morgan fingerprint density at radius 3 is 2.59 bits per heavy atom. The molecule has 0 bridgehead atoms. The summed E-state index contributed by atoms with van der Waals surface area (Å²) >= 11 is 5.93. The molecule has 0 aliphatic carbocycles. The van der Waals surface area contributed by atoms with Crippen molar-refractivity contribution in [3.8, 4) is 5.69 Å². The highest BCUT2D eigenvalue weighted by molar-refractivity contribution is 6.30. The van der Waals surface area contributed by atoms with Crippen LogP contribution < -0.4 is 5.32 Å². The van der Waals surface area contributed by atoms with Gasteiger partial charge in [-0.2, -0.15) is 0 Å². The fraction of sp³-hybridized carbons (Fsp3) is 0.308. The van der Waals surface area contributed by atoms with Gasteiger partial charge in [0.05, 0.1) is 6.33 Å². The molecule has 1 aromatic heterocycles. The minimum Gasteiger partial charge on any atom is -0.356 e. The van der Waals surface area contributed by atoms with E-state index < -0.39 is 0 Å². The summed E-state index contributed by atoms with van der Waals surface area (Å²) in [7, 11) is 2.14. The van der Waals surface area contributed by atoms with Gasteiger partial charge in [-0.25, -0.2) is 4.98 Å². The third-order valence-corrected chi connectivity index (χ3v) is 5.55. The van der Waals surface area contributed by atoms with Crippen LogP contribution >= 0.6 is 11.6 Å². The van der Waals surface area contributed by atoms with Crippen molar-refractivity contribution in [1.29, 1.82) is 0 Å². The molecule has 0 atom stereocenters. The molecule has 32 heavy (non-hydrogen) atoms. The lowest BCUT2D eigenvalue weighted by Crippen LogP contribution is -2.26. The number of hydrogen-bond donors (Lipinski definition) is 1. The van der Waals surface area contributed by atoms with E-state index in [2.05, 4.69) is 34.4 Å². The molecule has 1 N–H and O–H groups in total. The smallest absolute Gasteiger partial charge is 0.223 e. The molecule has 6 heteroatoms. The summed E-state index contributed by atoms with van der Waals surface area (Å²) < 4.78 is 1.96. The highest BCUT2D eigenvalue weighted by Gasteiger charge is 2.02. The molecular formula is C26H31ClN4O. The van der Waals surface area contributed by atoms with Gasteiger partial charge in [0, 0.05) is 42.6 Å². The summed E-state index contributed by atoms with van der Waals surface area (Å²) in [5.41, 5.74) is 3.44. The number of likely N-dealkylation sites (N-methyl/N-ethyl adjacent to an activating group) is 1. The average Bonchev–Trinajstić information content (AvgIpc) is 3.34. The second-order valence-corrected chi connectivity index (χ2v) is 8.34. The van der Waals surface area contributed by atoms with Gasteiger partial charge in [0.25, 0.3) is 0 Å². The van der Waals surface area contributed by atoms with Crippen LogP contribution in [0.25, 0.3) is 11.8 Å². The molecule has 5 nitrogen and oxygen atoms in total. The van der Waals surface area contributed by atoms with Crippen molar-refractivity contribution in [3.63, 3.8) is 0 Å². The zero-order valence-corrected chi connectivity index (χ0v) is 19.3. The van der Waals surface area contributed by atoms with E-state index in [0.29, 0.717) is 6.42 Å². The van der Waals surface area contributed by atoms with Crippen LogP contribution in [0.4, 0.5) is 0 Å². The van der Waals surface area contributed by atoms with Crippen molar-refractivity contribution in [2.75, 3.05) is 26.7 Å². The minimum atomic E-state index is 0.0624. The molecule has 1 amide bonds. The van der Waals surface area contributed by atoms with Crippen molar-refractivity contribution in [1.82, 2.24) is 19.8 Å². The molecule has 0 saturated heterocycles. The summed E-state index contributed by atoms with van der Waals surface area (Å²) in [5.74, 6) is 0.0624. The van der Waals surface area contributed by atoms with Crippen LogP contribution in [-0.2, 0) is 11.2 Å². The number of nitrogens with zero attached hydrogens (tertiary/aromatic N) is 3. The van der Waals surface area contributed by atoms with Crippen molar-refractivity contribution in [3.05, 3.63) is 89.5 Å². The fourth-order valence-electron chi connectivity index (χ4n) is 3.36. The van der Waals surface area contributed by atoms with Gasteiger partial charge in [-0.1, -0.05) is 48.0 Å². The molecule has 0 radical (unpaired) electrons. The van der Waals surface area contributed by atoms with E-state index in [-0.39, 0.29) is 5.91 Å². The summed E-state index contributed by atoms with van der Waals surface area (Å²) in [6, 6.07) is 16.2. The van der Waals surface area contributed by atoms with Crippen LogP contribution in [0.2, 0.25) is 5.02 Å². The van der Waals surface area contributed by atoms with Crippen LogP contribution in [0.3, 0.4) is 0 Å². The summed E-state index contributed by atoms with van der Waals surface area (Å²) in [5, 5.41) is 3.78. The number of unbranched alkanes of at least 4 members (excludes halogenated alkanes) is 1. The first-order valence-corrected chi connectivity index (χ1v) is 11.4. The molecule has 3 aromatic rings. The molecule has 0 aliphatic rings. The Morgan fingerprint density at radius 1 is 1.09 bits per heavy atom. The monoisotopic (exact) mass is 450 g/mol. The largest absolute Gasteiger partial charge is 0.356 e. The molecule has 168 valence electrons. The maximum Gasteiger partial charge on any atom is 0.223 e. The highest BCUT2D eigenvalue weighted by Crippen LogP contribution is 2.11. The minimum absolute atomic E-state index is 0.0624. The Labute approximate surface area is 195 Å². The molecule has 0 spiro atoms. The van der Waals surface area contributed by atoms with Gasteiger partial charge >= 0.3 is 0 Å². The van der Waals surface area contributed by atoms with Gasteiger partial charge in [0.2, 0.25) is 5.91 Å². The second-order valence-electron chi connectivity index (χ2n) is 7.90. The molecule has 3 rings (SSSR count). The van der Waals surface area contributed by atoms with Gasteiger partial charge in [0.1, 0.15) is 0 Å². The maximum atomic E-state index is 12.0. The summed E-state index contributed by atoms with van der Waals surface area (Å²) in [4.78, 5) is 18.4. The zero-order valence-electron chi connectivity index (χ0n) is 18.6. The van der Waals surface area contributed by atoms with Gasteiger partial charge in [0.15, 0.2) is 0 Å².